The number of hydrogen-bond donors (Lipinski definition) is 0. The zero-order chi connectivity index (χ0) is 18.0. The zero-order valence-corrected chi connectivity index (χ0v) is 15.0. The lowest BCUT2D eigenvalue weighted by molar-refractivity contribution is 0.0548. The Morgan fingerprint density at radius 2 is 2.08 bits per heavy atom. The van der Waals surface area contributed by atoms with Crippen LogP contribution >= 0.6 is 0 Å². The van der Waals surface area contributed by atoms with Crippen molar-refractivity contribution in [3.8, 4) is 11.3 Å². The number of hydrogen-bond acceptors (Lipinski definition) is 5. The Bertz CT molecular complexity index is 691. The van der Waals surface area contributed by atoms with E-state index in [-0.39, 0.29) is 12.6 Å². The fourth-order valence-corrected chi connectivity index (χ4v) is 3.37. The second kappa shape index (κ2) is 7.61. The van der Waals surface area contributed by atoms with E-state index in [2.05, 4.69) is 15.2 Å². The maximum absolute atomic E-state index is 12.5. The highest BCUT2D eigenvalue weighted by atomic mass is 19.3. The Balaban J connectivity index is 1.54. The first-order valence-electron chi connectivity index (χ1n) is 8.59. The Labute approximate surface area is 146 Å². The van der Waals surface area contributed by atoms with Crippen molar-refractivity contribution in [3.05, 3.63) is 23.7 Å². The number of piperidine rings is 1. The SMILES string of the molecule is Cc1c(-c2cc(CN3CCC(N(C)CC(F)F)CC3)on2)cnn1C. The molecule has 0 spiro atoms. The first kappa shape index (κ1) is 18.0. The Kier molecular flexibility index (Phi) is 5.48. The van der Waals surface area contributed by atoms with Crippen LogP contribution in [-0.4, -0.2) is 63.9 Å². The lowest BCUT2D eigenvalue weighted by Gasteiger charge is -2.36. The van der Waals surface area contributed by atoms with Crippen molar-refractivity contribution >= 4 is 0 Å². The maximum atomic E-state index is 12.5. The van der Waals surface area contributed by atoms with Gasteiger partial charge in [0.05, 0.1) is 19.3 Å². The van der Waals surface area contributed by atoms with Crippen LogP contribution in [0.1, 0.15) is 24.3 Å². The lowest BCUT2D eigenvalue weighted by atomic mass is 10.0. The normalized spacial score (nSPS) is 17.1. The number of likely N-dealkylation sites (tertiary alicyclic amines) is 1. The van der Waals surface area contributed by atoms with Crippen LogP contribution in [0, 0.1) is 6.92 Å². The molecule has 2 aromatic rings. The number of halogens is 2. The monoisotopic (exact) mass is 353 g/mol. The smallest absolute Gasteiger partial charge is 0.251 e. The predicted octanol–water partition coefficient (Wildman–Crippen LogP) is 2.54. The van der Waals surface area contributed by atoms with E-state index in [4.69, 9.17) is 4.52 Å². The van der Waals surface area contributed by atoms with Crippen LogP contribution in [0.25, 0.3) is 11.3 Å². The van der Waals surface area contributed by atoms with Crippen LogP contribution in [0.2, 0.25) is 0 Å². The molecule has 138 valence electrons. The van der Waals surface area contributed by atoms with E-state index in [9.17, 15) is 8.78 Å². The number of aryl methyl sites for hydroxylation is 1. The molecule has 8 heteroatoms. The van der Waals surface area contributed by atoms with Crippen LogP contribution in [0.5, 0.6) is 0 Å². The summed E-state index contributed by atoms with van der Waals surface area (Å²) in [5.41, 5.74) is 2.82. The predicted molar refractivity (Wildman–Crippen MR) is 90.4 cm³/mol. The molecule has 1 fully saturated rings. The summed E-state index contributed by atoms with van der Waals surface area (Å²) < 4.78 is 32.3. The van der Waals surface area contributed by atoms with Gasteiger partial charge in [0, 0.05) is 43.5 Å². The number of alkyl halides is 2. The molecule has 1 saturated heterocycles. The number of nitrogens with zero attached hydrogens (tertiary/aromatic N) is 5. The van der Waals surface area contributed by atoms with Gasteiger partial charge >= 0.3 is 0 Å². The van der Waals surface area contributed by atoms with Crippen LogP contribution < -0.4 is 0 Å². The molecule has 1 aliphatic heterocycles. The van der Waals surface area contributed by atoms with Gasteiger partial charge < -0.3 is 4.52 Å². The van der Waals surface area contributed by atoms with Crippen molar-refractivity contribution < 1.29 is 13.3 Å². The van der Waals surface area contributed by atoms with E-state index >= 15 is 0 Å². The minimum atomic E-state index is -2.27. The molecule has 0 saturated carbocycles. The van der Waals surface area contributed by atoms with Gasteiger partial charge in [-0.1, -0.05) is 5.16 Å². The molecular formula is C17H25F2N5O. The average molecular weight is 353 g/mol. The molecule has 0 aromatic carbocycles. The first-order chi connectivity index (χ1) is 11.9. The number of aromatic nitrogens is 3. The summed E-state index contributed by atoms with van der Waals surface area (Å²) in [5.74, 6) is 0.817. The van der Waals surface area contributed by atoms with Crippen LogP contribution in [0.3, 0.4) is 0 Å². The minimum absolute atomic E-state index is 0.152. The molecular weight excluding hydrogens is 328 g/mol. The Morgan fingerprint density at radius 1 is 1.36 bits per heavy atom. The molecule has 0 aliphatic carbocycles. The molecule has 0 atom stereocenters. The molecule has 3 rings (SSSR count). The molecule has 0 bridgehead atoms. The van der Waals surface area contributed by atoms with Crippen LogP contribution in [0.4, 0.5) is 8.78 Å². The van der Waals surface area contributed by atoms with Gasteiger partial charge in [-0.05, 0) is 26.8 Å². The molecule has 0 amide bonds. The molecule has 2 aromatic heterocycles. The molecule has 0 unspecified atom stereocenters. The highest BCUT2D eigenvalue weighted by Crippen LogP contribution is 2.24. The van der Waals surface area contributed by atoms with Crippen molar-refractivity contribution in [1.82, 2.24) is 24.7 Å². The van der Waals surface area contributed by atoms with E-state index in [1.54, 1.807) is 18.1 Å². The van der Waals surface area contributed by atoms with E-state index in [0.29, 0.717) is 6.54 Å². The third kappa shape index (κ3) is 4.24. The molecule has 1 aliphatic rings. The van der Waals surface area contributed by atoms with Gasteiger partial charge in [0.15, 0.2) is 5.76 Å². The van der Waals surface area contributed by atoms with Crippen molar-refractivity contribution in [2.75, 3.05) is 26.7 Å². The van der Waals surface area contributed by atoms with Crippen molar-refractivity contribution in [2.24, 2.45) is 7.05 Å². The molecule has 3 heterocycles. The topological polar surface area (TPSA) is 50.3 Å². The number of rotatable bonds is 6. The van der Waals surface area contributed by atoms with Gasteiger partial charge in [-0.25, -0.2) is 8.78 Å². The van der Waals surface area contributed by atoms with Gasteiger partial charge in [0.1, 0.15) is 5.69 Å². The third-order valence-corrected chi connectivity index (χ3v) is 5.06. The highest BCUT2D eigenvalue weighted by molar-refractivity contribution is 5.60. The fourth-order valence-electron chi connectivity index (χ4n) is 3.37. The van der Waals surface area contributed by atoms with Crippen LogP contribution in [0.15, 0.2) is 16.8 Å². The molecule has 0 N–H and O–H groups in total. The summed E-state index contributed by atoms with van der Waals surface area (Å²) in [6, 6.07) is 2.19. The lowest BCUT2D eigenvalue weighted by Crippen LogP contribution is -2.44. The standard InChI is InChI=1S/C17H25F2N5O/c1-12-15(9-20-23(12)3)16-8-14(25-21-16)10-24-6-4-13(5-7-24)22(2)11-17(18)19/h8-9,13,17H,4-7,10-11H2,1-3H3. The quantitative estimate of drug-likeness (QED) is 0.799. The van der Waals surface area contributed by atoms with Gasteiger partial charge in [0.25, 0.3) is 6.43 Å². The summed E-state index contributed by atoms with van der Waals surface area (Å²) in [6.07, 6.45) is 1.31. The minimum Gasteiger partial charge on any atom is -0.359 e. The van der Waals surface area contributed by atoms with Gasteiger partial charge in [0.2, 0.25) is 0 Å². The third-order valence-electron chi connectivity index (χ3n) is 5.06. The summed E-state index contributed by atoms with van der Waals surface area (Å²) in [6.45, 7) is 4.29. The second-order valence-electron chi connectivity index (χ2n) is 6.78. The average Bonchev–Trinajstić information content (AvgIpc) is 3.15. The highest BCUT2D eigenvalue weighted by Gasteiger charge is 2.25. The van der Waals surface area contributed by atoms with E-state index < -0.39 is 6.43 Å². The summed E-state index contributed by atoms with van der Waals surface area (Å²) in [5, 5.41) is 8.38. The maximum Gasteiger partial charge on any atom is 0.251 e. The van der Waals surface area contributed by atoms with E-state index in [0.717, 1.165) is 48.6 Å². The van der Waals surface area contributed by atoms with Crippen LogP contribution in [-0.2, 0) is 13.6 Å². The van der Waals surface area contributed by atoms with E-state index in [1.807, 2.05) is 24.7 Å². The van der Waals surface area contributed by atoms with Crippen molar-refractivity contribution in [1.29, 1.82) is 0 Å². The Hall–Kier alpha value is -1.80. The molecule has 0 radical (unpaired) electrons. The van der Waals surface area contributed by atoms with E-state index in [1.165, 1.54) is 0 Å². The van der Waals surface area contributed by atoms with Gasteiger partial charge in [-0.2, -0.15) is 5.10 Å². The first-order valence-corrected chi connectivity index (χ1v) is 8.59. The largest absolute Gasteiger partial charge is 0.359 e. The summed E-state index contributed by atoms with van der Waals surface area (Å²) in [4.78, 5) is 4.06. The molecule has 6 nitrogen and oxygen atoms in total. The fraction of sp³-hybridized carbons (Fsp3) is 0.647. The zero-order valence-electron chi connectivity index (χ0n) is 15.0. The van der Waals surface area contributed by atoms with Gasteiger partial charge in [-0.3, -0.25) is 14.5 Å². The summed E-state index contributed by atoms with van der Waals surface area (Å²) in [7, 11) is 3.68. The molecule has 25 heavy (non-hydrogen) atoms. The van der Waals surface area contributed by atoms with Crippen molar-refractivity contribution in [3.63, 3.8) is 0 Å². The van der Waals surface area contributed by atoms with Crippen molar-refractivity contribution in [2.45, 2.75) is 38.8 Å². The summed E-state index contributed by atoms with van der Waals surface area (Å²) >= 11 is 0. The second-order valence-corrected chi connectivity index (χ2v) is 6.78. The Morgan fingerprint density at radius 3 is 2.68 bits per heavy atom. The van der Waals surface area contributed by atoms with Gasteiger partial charge in [-0.15, -0.1) is 0 Å².